The van der Waals surface area contributed by atoms with Crippen LogP contribution in [0.1, 0.15) is 0 Å². The molecule has 0 radical (unpaired) electrons. The summed E-state index contributed by atoms with van der Waals surface area (Å²) in [5, 5.41) is 0. The molecule has 80 valence electrons. The molecule has 14 heavy (non-hydrogen) atoms. The summed E-state index contributed by atoms with van der Waals surface area (Å²) < 4.78 is 22.8. The van der Waals surface area contributed by atoms with Gasteiger partial charge in [-0.05, 0) is 0 Å². The Kier molecular flexibility index (Phi) is 10.9. The number of rotatable bonds is 4. The average molecular weight is 218 g/mol. The summed E-state index contributed by atoms with van der Waals surface area (Å²) >= 11 is 0. The molecule has 0 unspecified atom stereocenters. The normalized spacial score (nSPS) is 9.14. The summed E-state index contributed by atoms with van der Waals surface area (Å²) in [5.41, 5.74) is 4.93. The van der Waals surface area contributed by atoms with Crippen molar-refractivity contribution in [1.82, 2.24) is 4.72 Å². The molecule has 0 heterocycles. The first-order valence-electron chi connectivity index (χ1n) is 3.79. The topological polar surface area (TPSA) is 80.9 Å². The van der Waals surface area contributed by atoms with Gasteiger partial charge in [0.15, 0.2) is 0 Å². The quantitative estimate of drug-likeness (QED) is 0.484. The summed E-state index contributed by atoms with van der Waals surface area (Å²) in [6.45, 7) is 13.8. The van der Waals surface area contributed by atoms with Gasteiger partial charge in [0.1, 0.15) is 0 Å². The lowest BCUT2D eigenvalue weighted by molar-refractivity contribution is 0.589. The van der Waals surface area contributed by atoms with Crippen molar-refractivity contribution in [2.24, 2.45) is 5.73 Å². The van der Waals surface area contributed by atoms with E-state index in [1.54, 1.807) is 0 Å². The second kappa shape index (κ2) is 9.93. The summed E-state index contributed by atoms with van der Waals surface area (Å²) in [7, 11) is -3.09. The van der Waals surface area contributed by atoms with Crippen LogP contribution in [0.15, 0.2) is 0 Å². The molecule has 0 saturated carbocycles. The van der Waals surface area contributed by atoms with Crippen LogP contribution in [-0.4, -0.2) is 40.9 Å². The second-order valence-corrected chi connectivity index (χ2v) is 4.05. The summed E-state index contributed by atoms with van der Waals surface area (Å²) in [6.07, 6.45) is 1.07. The molecule has 0 aliphatic rings. The minimum absolute atomic E-state index is 0.201. The molecule has 7 heteroatoms. The van der Waals surface area contributed by atoms with Gasteiger partial charge in [-0.2, -0.15) is 0 Å². The van der Waals surface area contributed by atoms with E-state index in [9.17, 15) is 8.42 Å². The maximum atomic E-state index is 10.3. The highest BCUT2D eigenvalue weighted by Crippen LogP contribution is 1.72. The molecule has 6 nitrogen and oxygen atoms in total. The Morgan fingerprint density at radius 2 is 1.79 bits per heavy atom. The molecule has 0 bridgehead atoms. The fourth-order valence-corrected chi connectivity index (χ4v) is 0.814. The van der Waals surface area contributed by atoms with E-state index in [2.05, 4.69) is 14.4 Å². The predicted octanol–water partition coefficient (Wildman–Crippen LogP) is -0.681. The molecule has 0 aliphatic carbocycles. The fraction of sp³-hybridized carbons (Fsp3) is 0.714. The monoisotopic (exact) mass is 218 g/mol. The van der Waals surface area contributed by atoms with Gasteiger partial charge in [0.05, 0.1) is 19.3 Å². The van der Waals surface area contributed by atoms with E-state index in [4.69, 9.17) is 18.9 Å². The zero-order chi connectivity index (χ0) is 11.4. The third-order valence-corrected chi connectivity index (χ3v) is 1.56. The number of hydrogen-bond acceptors (Lipinski definition) is 3. The van der Waals surface area contributed by atoms with E-state index < -0.39 is 10.0 Å². The maximum absolute atomic E-state index is 10.3. The second-order valence-electron chi connectivity index (χ2n) is 2.22. The van der Waals surface area contributed by atoms with E-state index in [0.717, 1.165) is 6.26 Å². The van der Waals surface area contributed by atoms with Crippen molar-refractivity contribution < 1.29 is 8.42 Å². The van der Waals surface area contributed by atoms with Gasteiger partial charge < -0.3 is 15.4 Å². The molecule has 3 N–H and O–H groups in total. The van der Waals surface area contributed by atoms with Crippen LogP contribution in [0.5, 0.6) is 0 Å². The van der Waals surface area contributed by atoms with E-state index in [0.29, 0.717) is 13.1 Å². The van der Waals surface area contributed by atoms with Crippen molar-refractivity contribution in [2.75, 3.05) is 32.4 Å². The number of nitrogens with one attached hydrogen (secondary N) is 1. The highest BCUT2D eigenvalue weighted by atomic mass is 32.2. The lowest BCUT2D eigenvalue weighted by atomic mass is 10.7. The van der Waals surface area contributed by atoms with E-state index in [1.165, 1.54) is 0 Å². The van der Waals surface area contributed by atoms with Crippen molar-refractivity contribution in [3.63, 3.8) is 0 Å². The van der Waals surface area contributed by atoms with Crippen LogP contribution in [-0.2, 0) is 10.0 Å². The Bertz CT molecular complexity index is 299. The van der Waals surface area contributed by atoms with Gasteiger partial charge in [0.25, 0.3) is 0 Å². The summed E-state index contributed by atoms with van der Waals surface area (Å²) in [6, 6.07) is 0. The molecular formula is C7H14N4O2S. The molecule has 0 fully saturated rings. The first-order valence-corrected chi connectivity index (χ1v) is 5.68. The molecular weight excluding hydrogens is 204 g/mol. The summed E-state index contributed by atoms with van der Waals surface area (Å²) in [5.74, 6) is 0. The third-order valence-electron chi connectivity index (χ3n) is 0.829. The molecule has 0 aromatic carbocycles. The lowest BCUT2D eigenvalue weighted by Crippen LogP contribution is -2.24. The lowest BCUT2D eigenvalue weighted by Gasteiger charge is -1.92. The molecule has 0 saturated heterocycles. The molecule has 0 aromatic heterocycles. The van der Waals surface area contributed by atoms with Gasteiger partial charge in [0, 0.05) is 0 Å². The van der Waals surface area contributed by atoms with E-state index in [-0.39, 0.29) is 13.1 Å². The minimum Gasteiger partial charge on any atom is -0.324 e. The van der Waals surface area contributed by atoms with E-state index in [1.807, 2.05) is 0 Å². The Labute approximate surface area is 84.8 Å². The standard InChI is InChI=1S/C4H8N2O2S.C3H6N2/c1-5-3-4-6-9(2,7)8;1-5-3-2-4/h6H,3-4H2,2H3;2-4H2. The number of nitrogens with two attached hydrogens (primary N) is 1. The zero-order valence-corrected chi connectivity index (χ0v) is 8.84. The average Bonchev–Trinajstić information content (AvgIpc) is 2.05. The minimum atomic E-state index is -3.09. The van der Waals surface area contributed by atoms with Crippen LogP contribution >= 0.6 is 0 Å². The van der Waals surface area contributed by atoms with Crippen molar-refractivity contribution >= 4 is 10.0 Å². The maximum Gasteiger partial charge on any atom is 0.228 e. The number of hydrogen-bond donors (Lipinski definition) is 2. The van der Waals surface area contributed by atoms with Gasteiger partial charge in [-0.3, -0.25) is 0 Å². The number of sulfonamides is 1. The van der Waals surface area contributed by atoms with Crippen molar-refractivity contribution in [3.8, 4) is 0 Å². The first-order chi connectivity index (χ1) is 6.47. The predicted molar refractivity (Wildman–Crippen MR) is 54.8 cm³/mol. The molecule has 0 rings (SSSR count). The zero-order valence-electron chi connectivity index (χ0n) is 8.02. The first kappa shape index (κ1) is 15.3. The van der Waals surface area contributed by atoms with Crippen LogP contribution in [0.2, 0.25) is 0 Å². The Morgan fingerprint density at radius 1 is 1.29 bits per heavy atom. The van der Waals surface area contributed by atoms with Gasteiger partial charge >= 0.3 is 0 Å². The van der Waals surface area contributed by atoms with Crippen LogP contribution < -0.4 is 10.5 Å². The van der Waals surface area contributed by atoms with Gasteiger partial charge in [-0.25, -0.2) is 26.3 Å². The fourth-order valence-electron chi connectivity index (χ4n) is 0.351. The largest absolute Gasteiger partial charge is 0.324 e. The van der Waals surface area contributed by atoms with Crippen LogP contribution in [0, 0.1) is 13.1 Å². The van der Waals surface area contributed by atoms with Crippen LogP contribution in [0.25, 0.3) is 9.69 Å². The third kappa shape index (κ3) is 22.4. The van der Waals surface area contributed by atoms with Gasteiger partial charge in [-0.15, -0.1) is 0 Å². The van der Waals surface area contributed by atoms with Gasteiger partial charge in [-0.1, -0.05) is 0 Å². The van der Waals surface area contributed by atoms with Gasteiger partial charge in [0.2, 0.25) is 23.1 Å². The molecule has 0 spiro atoms. The molecule has 0 aromatic rings. The molecule has 0 aliphatic heterocycles. The Hall–Kier alpha value is -1.15. The van der Waals surface area contributed by atoms with Crippen molar-refractivity contribution in [2.45, 2.75) is 0 Å². The molecule has 0 amide bonds. The van der Waals surface area contributed by atoms with Crippen LogP contribution in [0.3, 0.4) is 0 Å². The highest BCUT2D eigenvalue weighted by Gasteiger charge is 1.98. The van der Waals surface area contributed by atoms with Crippen LogP contribution in [0.4, 0.5) is 0 Å². The smallest absolute Gasteiger partial charge is 0.228 e. The Morgan fingerprint density at radius 3 is 2.00 bits per heavy atom. The molecule has 0 atom stereocenters. The highest BCUT2D eigenvalue weighted by molar-refractivity contribution is 7.88. The van der Waals surface area contributed by atoms with E-state index >= 15 is 0 Å². The summed E-state index contributed by atoms with van der Waals surface area (Å²) in [4.78, 5) is 5.94. The number of nitrogens with zero attached hydrogens (tertiary/aromatic N) is 2. The van der Waals surface area contributed by atoms with Crippen molar-refractivity contribution in [3.05, 3.63) is 22.8 Å². The SMILES string of the molecule is [C-]#[N+]CCN.[C-]#[N+]CCNS(C)(=O)=O. The Balaban J connectivity index is 0. The van der Waals surface area contributed by atoms with Crippen molar-refractivity contribution in [1.29, 1.82) is 0 Å².